The SMILES string of the molecule is CC1CC1CC(OCC1CC1)C(=O)NC(C)(C)C. The highest BCUT2D eigenvalue weighted by Gasteiger charge is 2.38. The zero-order chi connectivity index (χ0) is 13.3. The van der Waals surface area contributed by atoms with E-state index in [0.717, 1.165) is 18.9 Å². The third-order valence-corrected chi connectivity index (χ3v) is 3.81. The summed E-state index contributed by atoms with van der Waals surface area (Å²) in [4.78, 5) is 12.2. The van der Waals surface area contributed by atoms with Crippen molar-refractivity contribution in [3.05, 3.63) is 0 Å². The largest absolute Gasteiger partial charge is 0.368 e. The van der Waals surface area contributed by atoms with Crippen LogP contribution in [0.1, 0.15) is 53.4 Å². The van der Waals surface area contributed by atoms with Crippen LogP contribution in [0.3, 0.4) is 0 Å². The highest BCUT2D eigenvalue weighted by Crippen LogP contribution is 2.42. The van der Waals surface area contributed by atoms with Gasteiger partial charge in [0.25, 0.3) is 0 Å². The van der Waals surface area contributed by atoms with Gasteiger partial charge in [-0.05, 0) is 64.2 Å². The normalized spacial score (nSPS) is 28.9. The fourth-order valence-electron chi connectivity index (χ4n) is 2.24. The van der Waals surface area contributed by atoms with Crippen LogP contribution in [0, 0.1) is 17.8 Å². The molecule has 0 radical (unpaired) electrons. The Morgan fingerprint density at radius 2 is 2.00 bits per heavy atom. The molecule has 3 heteroatoms. The van der Waals surface area contributed by atoms with E-state index >= 15 is 0 Å². The molecule has 18 heavy (non-hydrogen) atoms. The van der Waals surface area contributed by atoms with Crippen molar-refractivity contribution in [2.24, 2.45) is 17.8 Å². The average molecular weight is 253 g/mol. The fourth-order valence-corrected chi connectivity index (χ4v) is 2.24. The summed E-state index contributed by atoms with van der Waals surface area (Å²) < 4.78 is 5.86. The second kappa shape index (κ2) is 5.20. The van der Waals surface area contributed by atoms with E-state index in [-0.39, 0.29) is 17.6 Å². The topological polar surface area (TPSA) is 38.3 Å². The number of rotatable bonds is 6. The number of nitrogens with one attached hydrogen (secondary N) is 1. The Morgan fingerprint density at radius 3 is 2.44 bits per heavy atom. The van der Waals surface area contributed by atoms with Crippen LogP contribution in [0.5, 0.6) is 0 Å². The minimum absolute atomic E-state index is 0.0715. The first-order chi connectivity index (χ1) is 8.35. The van der Waals surface area contributed by atoms with Crippen molar-refractivity contribution >= 4 is 5.91 Å². The summed E-state index contributed by atoms with van der Waals surface area (Å²) in [5, 5.41) is 3.05. The van der Waals surface area contributed by atoms with E-state index in [1.54, 1.807) is 0 Å². The van der Waals surface area contributed by atoms with Gasteiger partial charge in [-0.1, -0.05) is 6.92 Å². The molecule has 1 N–H and O–H groups in total. The van der Waals surface area contributed by atoms with Gasteiger partial charge in [-0.25, -0.2) is 0 Å². The molecule has 0 aromatic carbocycles. The predicted molar refractivity (Wildman–Crippen MR) is 72.2 cm³/mol. The molecule has 0 bridgehead atoms. The summed E-state index contributed by atoms with van der Waals surface area (Å²) >= 11 is 0. The molecule has 3 unspecified atom stereocenters. The third kappa shape index (κ3) is 4.60. The number of ether oxygens (including phenoxy) is 1. The van der Waals surface area contributed by atoms with Crippen LogP contribution in [-0.4, -0.2) is 24.2 Å². The Labute approximate surface area is 111 Å². The van der Waals surface area contributed by atoms with Gasteiger partial charge in [0, 0.05) is 5.54 Å². The Hall–Kier alpha value is -0.570. The second-order valence-electron chi connectivity index (χ2n) is 7.21. The van der Waals surface area contributed by atoms with Crippen LogP contribution in [0.4, 0.5) is 0 Å². The molecule has 104 valence electrons. The highest BCUT2D eigenvalue weighted by molar-refractivity contribution is 5.81. The van der Waals surface area contributed by atoms with Gasteiger partial charge in [-0.3, -0.25) is 4.79 Å². The third-order valence-electron chi connectivity index (χ3n) is 3.81. The van der Waals surface area contributed by atoms with Gasteiger partial charge in [0.05, 0.1) is 6.61 Å². The molecule has 3 nitrogen and oxygen atoms in total. The monoisotopic (exact) mass is 253 g/mol. The quantitative estimate of drug-likeness (QED) is 0.790. The van der Waals surface area contributed by atoms with E-state index in [1.165, 1.54) is 19.3 Å². The zero-order valence-electron chi connectivity index (χ0n) is 12.2. The van der Waals surface area contributed by atoms with Gasteiger partial charge < -0.3 is 10.1 Å². The van der Waals surface area contributed by atoms with E-state index in [1.807, 2.05) is 20.8 Å². The molecule has 0 spiro atoms. The zero-order valence-corrected chi connectivity index (χ0v) is 12.2. The van der Waals surface area contributed by atoms with Crippen LogP contribution >= 0.6 is 0 Å². The number of hydrogen-bond acceptors (Lipinski definition) is 2. The number of carbonyl (C=O) groups excluding carboxylic acids is 1. The summed E-state index contributed by atoms with van der Waals surface area (Å²) in [5.41, 5.74) is -0.173. The van der Waals surface area contributed by atoms with Crippen molar-refractivity contribution in [3.8, 4) is 0 Å². The second-order valence-corrected chi connectivity index (χ2v) is 7.21. The maximum Gasteiger partial charge on any atom is 0.249 e. The Kier molecular flexibility index (Phi) is 4.00. The Balaban J connectivity index is 1.82. The molecular formula is C15H27NO2. The number of amides is 1. The molecule has 1 amide bonds. The van der Waals surface area contributed by atoms with Crippen molar-refractivity contribution < 1.29 is 9.53 Å². The molecule has 2 fully saturated rings. The minimum Gasteiger partial charge on any atom is -0.368 e. The summed E-state index contributed by atoms with van der Waals surface area (Å²) in [6.07, 6.45) is 4.46. The van der Waals surface area contributed by atoms with Crippen LogP contribution in [0.25, 0.3) is 0 Å². The maximum absolute atomic E-state index is 12.2. The van der Waals surface area contributed by atoms with Crippen molar-refractivity contribution in [1.29, 1.82) is 0 Å². The maximum atomic E-state index is 12.2. The van der Waals surface area contributed by atoms with Crippen LogP contribution in [0.2, 0.25) is 0 Å². The van der Waals surface area contributed by atoms with Crippen LogP contribution in [-0.2, 0) is 9.53 Å². The first-order valence-corrected chi connectivity index (χ1v) is 7.29. The van der Waals surface area contributed by atoms with E-state index in [4.69, 9.17) is 4.74 Å². The Morgan fingerprint density at radius 1 is 1.39 bits per heavy atom. The number of hydrogen-bond donors (Lipinski definition) is 1. The van der Waals surface area contributed by atoms with Gasteiger partial charge in [0.15, 0.2) is 0 Å². The van der Waals surface area contributed by atoms with Gasteiger partial charge in [0.1, 0.15) is 6.10 Å². The lowest BCUT2D eigenvalue weighted by Gasteiger charge is -2.25. The molecule has 0 aliphatic heterocycles. The summed E-state index contributed by atoms with van der Waals surface area (Å²) in [7, 11) is 0. The molecule has 2 saturated carbocycles. The Bertz CT molecular complexity index is 304. The molecule has 0 aromatic heterocycles. The lowest BCUT2D eigenvalue weighted by Crippen LogP contribution is -2.47. The molecular weight excluding hydrogens is 226 g/mol. The van der Waals surface area contributed by atoms with E-state index < -0.39 is 0 Å². The van der Waals surface area contributed by atoms with Crippen molar-refractivity contribution in [1.82, 2.24) is 5.32 Å². The molecule has 2 aliphatic carbocycles. The lowest BCUT2D eigenvalue weighted by atomic mass is 10.1. The smallest absolute Gasteiger partial charge is 0.249 e. The number of carbonyl (C=O) groups is 1. The first kappa shape index (κ1) is 13.9. The first-order valence-electron chi connectivity index (χ1n) is 7.29. The van der Waals surface area contributed by atoms with Gasteiger partial charge in [-0.15, -0.1) is 0 Å². The van der Waals surface area contributed by atoms with Crippen molar-refractivity contribution in [2.75, 3.05) is 6.61 Å². The molecule has 0 saturated heterocycles. The van der Waals surface area contributed by atoms with Crippen LogP contribution < -0.4 is 5.32 Å². The van der Waals surface area contributed by atoms with Gasteiger partial charge in [-0.2, -0.15) is 0 Å². The summed E-state index contributed by atoms with van der Waals surface area (Å²) in [6.45, 7) is 9.07. The van der Waals surface area contributed by atoms with E-state index in [9.17, 15) is 4.79 Å². The molecule has 0 heterocycles. The predicted octanol–water partition coefficient (Wildman–Crippen LogP) is 2.74. The standard InChI is InChI=1S/C15H27NO2/c1-10-7-12(10)8-13(18-9-11-5-6-11)14(17)16-15(2,3)4/h10-13H,5-9H2,1-4H3,(H,16,17). The molecule has 2 aliphatic rings. The molecule has 3 atom stereocenters. The van der Waals surface area contributed by atoms with Gasteiger partial charge >= 0.3 is 0 Å². The summed E-state index contributed by atoms with van der Waals surface area (Å²) in [5.74, 6) is 2.26. The lowest BCUT2D eigenvalue weighted by molar-refractivity contribution is -0.135. The molecule has 0 aromatic rings. The highest BCUT2D eigenvalue weighted by atomic mass is 16.5. The van der Waals surface area contributed by atoms with E-state index in [2.05, 4.69) is 12.2 Å². The van der Waals surface area contributed by atoms with Crippen molar-refractivity contribution in [2.45, 2.75) is 65.0 Å². The fraction of sp³-hybridized carbons (Fsp3) is 0.933. The van der Waals surface area contributed by atoms with Crippen molar-refractivity contribution in [3.63, 3.8) is 0 Å². The van der Waals surface area contributed by atoms with Gasteiger partial charge in [0.2, 0.25) is 5.91 Å². The minimum atomic E-state index is -0.236. The summed E-state index contributed by atoms with van der Waals surface area (Å²) in [6, 6.07) is 0. The van der Waals surface area contributed by atoms with Crippen LogP contribution in [0.15, 0.2) is 0 Å². The average Bonchev–Trinajstić information content (AvgIpc) is 3.09. The molecule has 2 rings (SSSR count). The van der Waals surface area contributed by atoms with E-state index in [0.29, 0.717) is 11.8 Å².